The molecule has 0 radical (unpaired) electrons. The molecule has 96 valence electrons. The van der Waals surface area contributed by atoms with Crippen LogP contribution in [0.4, 0.5) is 0 Å². The Morgan fingerprint density at radius 2 is 1.81 bits per heavy atom. The predicted molar refractivity (Wildman–Crippen MR) is 66.3 cm³/mol. The largest absolute Gasteiger partial charge is 0.396 e. The van der Waals surface area contributed by atoms with E-state index >= 15 is 0 Å². The first-order chi connectivity index (χ1) is 7.49. The van der Waals surface area contributed by atoms with Gasteiger partial charge in [0.1, 0.15) is 0 Å². The highest BCUT2D eigenvalue weighted by molar-refractivity contribution is 5.78. The van der Waals surface area contributed by atoms with Crippen LogP contribution in [0.5, 0.6) is 0 Å². The number of nitrogens with zero attached hydrogens (tertiary/aromatic N) is 2. The van der Waals surface area contributed by atoms with Crippen LogP contribution in [0, 0.1) is 0 Å². The molecule has 0 saturated heterocycles. The van der Waals surface area contributed by atoms with Gasteiger partial charge in [0.2, 0.25) is 5.91 Å². The first kappa shape index (κ1) is 15.4. The molecular formula is C12H26N2O2. The molecule has 0 aliphatic carbocycles. The second kappa shape index (κ2) is 8.53. The maximum absolute atomic E-state index is 11.7. The Morgan fingerprint density at radius 3 is 2.31 bits per heavy atom. The number of carbonyl (C=O) groups is 1. The van der Waals surface area contributed by atoms with Crippen LogP contribution in [0.3, 0.4) is 0 Å². The molecule has 0 saturated carbocycles. The smallest absolute Gasteiger partial charge is 0.236 e. The molecule has 0 fully saturated rings. The van der Waals surface area contributed by atoms with Crippen LogP contribution in [0.15, 0.2) is 0 Å². The van der Waals surface area contributed by atoms with Crippen molar-refractivity contribution in [3.05, 3.63) is 0 Å². The summed E-state index contributed by atoms with van der Waals surface area (Å²) in [4.78, 5) is 15.5. The third-order valence-electron chi connectivity index (χ3n) is 2.77. The third-order valence-corrected chi connectivity index (χ3v) is 2.77. The summed E-state index contributed by atoms with van der Waals surface area (Å²) in [6.07, 6.45) is 2.92. The number of rotatable bonds is 8. The Morgan fingerprint density at radius 1 is 1.19 bits per heavy atom. The Hall–Kier alpha value is -0.610. The number of likely N-dealkylation sites (N-methyl/N-ethyl adjacent to an activating group) is 2. The van der Waals surface area contributed by atoms with Gasteiger partial charge in [-0.15, -0.1) is 0 Å². The van der Waals surface area contributed by atoms with E-state index in [1.807, 2.05) is 32.8 Å². The molecular weight excluding hydrogens is 204 g/mol. The highest BCUT2D eigenvalue weighted by Gasteiger charge is 2.13. The van der Waals surface area contributed by atoms with Crippen molar-refractivity contribution in [2.24, 2.45) is 0 Å². The molecule has 4 nitrogen and oxygen atoms in total. The molecule has 0 aromatic carbocycles. The van der Waals surface area contributed by atoms with Gasteiger partial charge in [-0.25, -0.2) is 0 Å². The molecule has 0 unspecified atom stereocenters. The lowest BCUT2D eigenvalue weighted by Gasteiger charge is -2.24. The number of aliphatic hydroxyl groups is 1. The molecule has 1 N–H and O–H groups in total. The van der Waals surface area contributed by atoms with E-state index in [-0.39, 0.29) is 18.6 Å². The SMILES string of the molecule is CC(C)N(C)C(=O)CN(C)CCCCCO. The van der Waals surface area contributed by atoms with Crippen LogP contribution < -0.4 is 0 Å². The number of aliphatic hydroxyl groups excluding tert-OH is 1. The average Bonchev–Trinajstić information content (AvgIpc) is 2.23. The lowest BCUT2D eigenvalue weighted by atomic mass is 10.2. The van der Waals surface area contributed by atoms with E-state index < -0.39 is 0 Å². The molecule has 0 aromatic heterocycles. The maximum Gasteiger partial charge on any atom is 0.236 e. The standard InChI is InChI=1S/C12H26N2O2/c1-11(2)14(4)12(16)10-13(3)8-6-5-7-9-15/h11,15H,5-10H2,1-4H3. The van der Waals surface area contributed by atoms with Crippen LogP contribution in [-0.2, 0) is 4.79 Å². The number of carbonyl (C=O) groups excluding carboxylic acids is 1. The third kappa shape index (κ3) is 6.80. The van der Waals surface area contributed by atoms with Gasteiger partial charge in [-0.2, -0.15) is 0 Å². The van der Waals surface area contributed by atoms with Crippen molar-refractivity contribution in [1.29, 1.82) is 0 Å². The summed E-state index contributed by atoms with van der Waals surface area (Å²) in [6.45, 7) is 5.68. The molecule has 0 rings (SSSR count). The number of amides is 1. The van der Waals surface area contributed by atoms with Crippen LogP contribution in [0.2, 0.25) is 0 Å². The summed E-state index contributed by atoms with van der Waals surface area (Å²) in [5.41, 5.74) is 0. The summed E-state index contributed by atoms with van der Waals surface area (Å²) in [5.74, 6) is 0.166. The summed E-state index contributed by atoms with van der Waals surface area (Å²) in [6, 6.07) is 0.260. The normalized spacial score (nSPS) is 11.2. The molecule has 0 aliphatic rings. The van der Waals surface area contributed by atoms with Crippen LogP contribution in [-0.4, -0.2) is 60.6 Å². The van der Waals surface area contributed by atoms with E-state index in [0.717, 1.165) is 25.8 Å². The van der Waals surface area contributed by atoms with Gasteiger partial charge in [0.25, 0.3) is 0 Å². The van der Waals surface area contributed by atoms with Gasteiger partial charge in [-0.05, 0) is 46.7 Å². The second-order valence-electron chi connectivity index (χ2n) is 4.62. The van der Waals surface area contributed by atoms with Crippen molar-refractivity contribution in [3.8, 4) is 0 Å². The van der Waals surface area contributed by atoms with E-state index in [2.05, 4.69) is 0 Å². The second-order valence-corrected chi connectivity index (χ2v) is 4.62. The zero-order chi connectivity index (χ0) is 12.6. The van der Waals surface area contributed by atoms with Crippen LogP contribution in [0.1, 0.15) is 33.1 Å². The fraction of sp³-hybridized carbons (Fsp3) is 0.917. The van der Waals surface area contributed by atoms with Gasteiger partial charge >= 0.3 is 0 Å². The van der Waals surface area contributed by atoms with Gasteiger partial charge in [0, 0.05) is 19.7 Å². The summed E-state index contributed by atoms with van der Waals surface area (Å²) in [5, 5.41) is 8.64. The molecule has 0 bridgehead atoms. The lowest BCUT2D eigenvalue weighted by Crippen LogP contribution is -2.40. The van der Waals surface area contributed by atoms with E-state index in [9.17, 15) is 4.79 Å². The van der Waals surface area contributed by atoms with Gasteiger partial charge in [-0.3, -0.25) is 9.69 Å². The summed E-state index contributed by atoms with van der Waals surface area (Å²) >= 11 is 0. The summed E-state index contributed by atoms with van der Waals surface area (Å²) in [7, 11) is 3.80. The fourth-order valence-corrected chi connectivity index (χ4v) is 1.38. The van der Waals surface area contributed by atoms with Gasteiger partial charge in [-0.1, -0.05) is 0 Å². The van der Waals surface area contributed by atoms with Crippen molar-refractivity contribution in [1.82, 2.24) is 9.80 Å². The van der Waals surface area contributed by atoms with Crippen molar-refractivity contribution >= 4 is 5.91 Å². The van der Waals surface area contributed by atoms with Crippen LogP contribution >= 0.6 is 0 Å². The zero-order valence-electron chi connectivity index (χ0n) is 11.1. The molecule has 4 heteroatoms. The van der Waals surface area contributed by atoms with Crippen molar-refractivity contribution in [2.75, 3.05) is 33.8 Å². The van der Waals surface area contributed by atoms with E-state index in [0.29, 0.717) is 6.54 Å². The van der Waals surface area contributed by atoms with Crippen molar-refractivity contribution < 1.29 is 9.90 Å². The number of hydrogen-bond donors (Lipinski definition) is 1. The van der Waals surface area contributed by atoms with Crippen LogP contribution in [0.25, 0.3) is 0 Å². The van der Waals surface area contributed by atoms with Gasteiger partial charge in [0.15, 0.2) is 0 Å². The molecule has 1 amide bonds. The van der Waals surface area contributed by atoms with E-state index in [1.165, 1.54) is 0 Å². The quantitative estimate of drug-likeness (QED) is 0.631. The highest BCUT2D eigenvalue weighted by atomic mass is 16.2. The maximum atomic E-state index is 11.7. The van der Waals surface area contributed by atoms with Gasteiger partial charge in [0.05, 0.1) is 6.54 Å². The first-order valence-electron chi connectivity index (χ1n) is 6.04. The Labute approximate surface area is 99.2 Å². The minimum atomic E-state index is 0.166. The van der Waals surface area contributed by atoms with Crippen molar-refractivity contribution in [2.45, 2.75) is 39.2 Å². The average molecular weight is 230 g/mol. The number of hydrogen-bond acceptors (Lipinski definition) is 3. The van der Waals surface area contributed by atoms with Gasteiger partial charge < -0.3 is 10.0 Å². The number of unbranched alkanes of at least 4 members (excludes halogenated alkanes) is 2. The first-order valence-corrected chi connectivity index (χ1v) is 6.04. The zero-order valence-corrected chi connectivity index (χ0v) is 11.1. The van der Waals surface area contributed by atoms with E-state index in [4.69, 9.17) is 5.11 Å². The Bertz CT molecular complexity index is 195. The molecule has 0 spiro atoms. The minimum Gasteiger partial charge on any atom is -0.396 e. The molecule has 0 aromatic rings. The minimum absolute atomic E-state index is 0.166. The lowest BCUT2D eigenvalue weighted by molar-refractivity contribution is -0.132. The topological polar surface area (TPSA) is 43.8 Å². The highest BCUT2D eigenvalue weighted by Crippen LogP contribution is 1.99. The fourth-order valence-electron chi connectivity index (χ4n) is 1.38. The monoisotopic (exact) mass is 230 g/mol. The Balaban J connectivity index is 3.69. The van der Waals surface area contributed by atoms with E-state index in [1.54, 1.807) is 4.90 Å². The van der Waals surface area contributed by atoms with Crippen molar-refractivity contribution in [3.63, 3.8) is 0 Å². The molecule has 0 heterocycles. The summed E-state index contributed by atoms with van der Waals surface area (Å²) < 4.78 is 0. The molecule has 0 aliphatic heterocycles. The predicted octanol–water partition coefficient (Wildman–Crippen LogP) is 0.948. The molecule has 0 atom stereocenters. The molecule has 16 heavy (non-hydrogen) atoms. The Kier molecular flexibility index (Phi) is 8.21.